The molecule has 0 saturated carbocycles. The minimum absolute atomic E-state index is 0.000949. The van der Waals surface area contributed by atoms with E-state index < -0.39 is 0 Å². The number of benzene rings is 1. The van der Waals surface area contributed by atoms with Crippen LogP contribution in [0.15, 0.2) is 24.3 Å². The van der Waals surface area contributed by atoms with Crippen LogP contribution in [0.2, 0.25) is 0 Å². The third kappa shape index (κ3) is 3.72. The molecule has 0 bridgehead atoms. The maximum absolute atomic E-state index is 5.74. The minimum Gasteiger partial charge on any atom is -0.496 e. The topological polar surface area (TPSA) is 47.3 Å². The van der Waals surface area contributed by atoms with Gasteiger partial charge in [-0.15, -0.1) is 0 Å². The lowest BCUT2D eigenvalue weighted by atomic mass is 9.83. The van der Waals surface area contributed by atoms with Gasteiger partial charge in [-0.25, -0.2) is 0 Å². The molecular weight excluding hydrogens is 224 g/mol. The number of hydrogen-bond donors (Lipinski definition) is 2. The zero-order chi connectivity index (χ0) is 13.8. The molecule has 0 fully saturated rings. The van der Waals surface area contributed by atoms with Crippen LogP contribution in [0.25, 0.3) is 0 Å². The zero-order valence-corrected chi connectivity index (χ0v) is 12.2. The van der Waals surface area contributed by atoms with E-state index >= 15 is 0 Å². The summed E-state index contributed by atoms with van der Waals surface area (Å²) in [5.74, 6) is 0.940. The average Bonchev–Trinajstić information content (AvgIpc) is 2.37. The van der Waals surface area contributed by atoms with Gasteiger partial charge < -0.3 is 15.8 Å². The van der Waals surface area contributed by atoms with Gasteiger partial charge >= 0.3 is 0 Å². The lowest BCUT2D eigenvalue weighted by molar-refractivity contribution is 0.335. The van der Waals surface area contributed by atoms with E-state index in [0.29, 0.717) is 6.54 Å². The molecule has 0 radical (unpaired) electrons. The number of methoxy groups -OCH3 is 1. The van der Waals surface area contributed by atoms with Crippen molar-refractivity contribution in [3.8, 4) is 5.75 Å². The van der Waals surface area contributed by atoms with Crippen LogP contribution in [0, 0.1) is 0 Å². The van der Waals surface area contributed by atoms with Gasteiger partial charge in [-0.2, -0.15) is 0 Å². The van der Waals surface area contributed by atoms with Gasteiger partial charge in [-0.1, -0.05) is 32.0 Å². The third-order valence-corrected chi connectivity index (χ3v) is 3.36. The summed E-state index contributed by atoms with van der Waals surface area (Å²) < 4.78 is 5.44. The first-order valence-corrected chi connectivity index (χ1v) is 6.41. The second-order valence-corrected chi connectivity index (χ2v) is 6.03. The van der Waals surface area contributed by atoms with Gasteiger partial charge in [0.25, 0.3) is 0 Å². The molecule has 3 heteroatoms. The van der Waals surface area contributed by atoms with E-state index in [0.717, 1.165) is 12.3 Å². The van der Waals surface area contributed by atoms with E-state index in [2.05, 4.69) is 39.1 Å². The van der Waals surface area contributed by atoms with Crippen LogP contribution in [0.1, 0.15) is 33.3 Å². The first-order valence-electron chi connectivity index (χ1n) is 6.41. The predicted octanol–water partition coefficient (Wildman–Crippen LogP) is 2.30. The average molecular weight is 250 g/mol. The summed E-state index contributed by atoms with van der Waals surface area (Å²) in [6.45, 7) is 10.1. The Morgan fingerprint density at radius 1 is 1.17 bits per heavy atom. The number of nitrogens with one attached hydrogen (secondary N) is 1. The maximum atomic E-state index is 5.74. The Balaban J connectivity index is 2.86. The van der Waals surface area contributed by atoms with E-state index in [4.69, 9.17) is 10.5 Å². The largest absolute Gasteiger partial charge is 0.496 e. The number of rotatable bonds is 6. The lowest BCUT2D eigenvalue weighted by Crippen LogP contribution is -2.50. The van der Waals surface area contributed by atoms with Crippen LogP contribution in [-0.4, -0.2) is 25.7 Å². The summed E-state index contributed by atoms with van der Waals surface area (Å²) in [5.41, 5.74) is 6.92. The Labute approximate surface area is 111 Å². The van der Waals surface area contributed by atoms with Gasteiger partial charge in [0.05, 0.1) is 7.11 Å². The molecule has 3 nitrogen and oxygen atoms in total. The predicted molar refractivity (Wildman–Crippen MR) is 77.2 cm³/mol. The Hall–Kier alpha value is -1.06. The van der Waals surface area contributed by atoms with Crippen LogP contribution in [0.4, 0.5) is 0 Å². The van der Waals surface area contributed by atoms with Gasteiger partial charge in [0.1, 0.15) is 5.75 Å². The van der Waals surface area contributed by atoms with E-state index in [1.54, 1.807) is 7.11 Å². The Kier molecular flexibility index (Phi) is 4.77. The molecule has 102 valence electrons. The highest BCUT2D eigenvalue weighted by molar-refractivity contribution is 5.39. The summed E-state index contributed by atoms with van der Waals surface area (Å²) in [4.78, 5) is 0. The summed E-state index contributed by atoms with van der Waals surface area (Å²) in [6.07, 6.45) is 0. The summed E-state index contributed by atoms with van der Waals surface area (Å²) in [7, 11) is 1.71. The smallest absolute Gasteiger partial charge is 0.122 e. The SMILES string of the molecule is COc1ccccc1C(C)(C)CNC(C)(C)CN. The first kappa shape index (κ1) is 15.0. The monoisotopic (exact) mass is 250 g/mol. The van der Waals surface area contributed by atoms with Crippen LogP contribution >= 0.6 is 0 Å². The standard InChI is InChI=1S/C15H26N2O/c1-14(2,11-17-15(3,4)10-16)12-8-6-7-9-13(12)18-5/h6-9,17H,10-11,16H2,1-5H3. The molecule has 0 unspecified atom stereocenters. The van der Waals surface area contributed by atoms with Crippen molar-refractivity contribution < 1.29 is 4.74 Å². The summed E-state index contributed by atoms with van der Waals surface area (Å²) in [6, 6.07) is 8.17. The fourth-order valence-electron chi connectivity index (χ4n) is 1.83. The summed E-state index contributed by atoms with van der Waals surface area (Å²) in [5, 5.41) is 3.52. The molecule has 0 heterocycles. The molecule has 0 aliphatic rings. The van der Waals surface area contributed by atoms with Crippen molar-refractivity contribution in [3.63, 3.8) is 0 Å². The van der Waals surface area contributed by atoms with Crippen molar-refractivity contribution in [2.45, 2.75) is 38.6 Å². The Bertz CT molecular complexity index is 386. The van der Waals surface area contributed by atoms with Gasteiger partial charge in [0.2, 0.25) is 0 Å². The second-order valence-electron chi connectivity index (χ2n) is 6.03. The number of ether oxygens (including phenoxy) is 1. The fourth-order valence-corrected chi connectivity index (χ4v) is 1.83. The van der Waals surface area contributed by atoms with Crippen molar-refractivity contribution in [1.82, 2.24) is 5.32 Å². The molecular formula is C15H26N2O. The van der Waals surface area contributed by atoms with E-state index in [1.165, 1.54) is 5.56 Å². The zero-order valence-electron chi connectivity index (χ0n) is 12.2. The van der Waals surface area contributed by atoms with Gasteiger partial charge in [-0.05, 0) is 19.9 Å². The van der Waals surface area contributed by atoms with Crippen LogP contribution in [0.5, 0.6) is 5.75 Å². The molecule has 0 aliphatic heterocycles. The van der Waals surface area contributed by atoms with Gasteiger partial charge in [-0.3, -0.25) is 0 Å². The molecule has 18 heavy (non-hydrogen) atoms. The highest BCUT2D eigenvalue weighted by Crippen LogP contribution is 2.31. The number of nitrogens with two attached hydrogens (primary N) is 1. The van der Waals surface area contributed by atoms with Crippen molar-refractivity contribution >= 4 is 0 Å². The van der Waals surface area contributed by atoms with Crippen molar-refractivity contribution in [3.05, 3.63) is 29.8 Å². The fraction of sp³-hybridized carbons (Fsp3) is 0.600. The maximum Gasteiger partial charge on any atom is 0.122 e. The molecule has 0 spiro atoms. The van der Waals surface area contributed by atoms with Crippen molar-refractivity contribution in [2.75, 3.05) is 20.2 Å². The molecule has 1 rings (SSSR count). The molecule has 1 aromatic rings. The minimum atomic E-state index is -0.0424. The van der Waals surface area contributed by atoms with E-state index in [1.807, 2.05) is 18.2 Å². The highest BCUT2D eigenvalue weighted by Gasteiger charge is 2.26. The van der Waals surface area contributed by atoms with Crippen LogP contribution in [-0.2, 0) is 5.41 Å². The van der Waals surface area contributed by atoms with E-state index in [-0.39, 0.29) is 11.0 Å². The van der Waals surface area contributed by atoms with Gasteiger partial charge in [0, 0.05) is 29.6 Å². The quantitative estimate of drug-likeness (QED) is 0.814. The molecule has 0 atom stereocenters. The highest BCUT2D eigenvalue weighted by atomic mass is 16.5. The van der Waals surface area contributed by atoms with Gasteiger partial charge in [0.15, 0.2) is 0 Å². The number of para-hydroxylation sites is 1. The molecule has 3 N–H and O–H groups in total. The Morgan fingerprint density at radius 2 is 1.78 bits per heavy atom. The normalized spacial score (nSPS) is 12.6. The second kappa shape index (κ2) is 5.72. The molecule has 0 amide bonds. The molecule has 1 aromatic carbocycles. The first-order chi connectivity index (χ1) is 8.32. The van der Waals surface area contributed by atoms with Crippen LogP contribution in [0.3, 0.4) is 0 Å². The third-order valence-electron chi connectivity index (χ3n) is 3.36. The molecule has 0 saturated heterocycles. The van der Waals surface area contributed by atoms with Crippen LogP contribution < -0.4 is 15.8 Å². The Morgan fingerprint density at radius 3 is 2.33 bits per heavy atom. The van der Waals surface area contributed by atoms with Crippen molar-refractivity contribution in [1.29, 1.82) is 0 Å². The molecule has 0 aromatic heterocycles. The number of hydrogen-bond acceptors (Lipinski definition) is 3. The molecule has 0 aliphatic carbocycles. The van der Waals surface area contributed by atoms with E-state index in [9.17, 15) is 0 Å². The lowest BCUT2D eigenvalue weighted by Gasteiger charge is -2.33. The van der Waals surface area contributed by atoms with Crippen molar-refractivity contribution in [2.24, 2.45) is 5.73 Å². The summed E-state index contributed by atoms with van der Waals surface area (Å²) >= 11 is 0.